The number of hydrogen-bond donors (Lipinski definition) is 3. The first-order valence-corrected chi connectivity index (χ1v) is 20.8. The van der Waals surface area contributed by atoms with Crippen molar-refractivity contribution in [3.63, 3.8) is 0 Å². The van der Waals surface area contributed by atoms with E-state index in [0.717, 1.165) is 27.8 Å². The van der Waals surface area contributed by atoms with E-state index < -0.39 is 17.6 Å². The third kappa shape index (κ3) is 11.5. The molecule has 1 heterocycles. The van der Waals surface area contributed by atoms with Gasteiger partial charge in [-0.05, 0) is 93.9 Å². The number of hydrazine groups is 1. The number of nitrogens with one attached hydrogen (secondary N) is 2. The summed E-state index contributed by atoms with van der Waals surface area (Å²) in [6.45, 7) is 1.63. The molecule has 1 aliphatic heterocycles. The Morgan fingerprint density at radius 1 is 0.778 bits per heavy atom. The Kier molecular flexibility index (Phi) is 15.3. The van der Waals surface area contributed by atoms with Gasteiger partial charge in [-0.15, -0.1) is 0 Å². The highest BCUT2D eigenvalue weighted by Crippen LogP contribution is 2.44. The highest BCUT2D eigenvalue weighted by atomic mass is 16.5. The second kappa shape index (κ2) is 22.0. The van der Waals surface area contributed by atoms with Gasteiger partial charge >= 0.3 is 0 Å². The van der Waals surface area contributed by atoms with Crippen LogP contribution in [0, 0.1) is 0 Å². The highest BCUT2D eigenvalue weighted by molar-refractivity contribution is 6.01. The van der Waals surface area contributed by atoms with E-state index in [2.05, 4.69) is 20.9 Å². The Balaban J connectivity index is 1.15. The summed E-state index contributed by atoms with van der Waals surface area (Å²) in [4.78, 5) is 23.1. The van der Waals surface area contributed by atoms with E-state index in [1.165, 1.54) is 0 Å². The maximum atomic E-state index is 15.0. The largest absolute Gasteiger partial charge is 0.497 e. The third-order valence-electron chi connectivity index (χ3n) is 10.5. The lowest BCUT2D eigenvalue weighted by Gasteiger charge is -2.31. The minimum atomic E-state index is -1.55. The van der Waals surface area contributed by atoms with Crippen LogP contribution in [0.1, 0.15) is 51.5 Å². The number of benzene rings is 6. The molecule has 1 aliphatic rings. The van der Waals surface area contributed by atoms with Crippen molar-refractivity contribution in [1.29, 1.82) is 0 Å². The molecule has 0 spiro atoms. The van der Waals surface area contributed by atoms with Crippen LogP contribution in [-0.4, -0.2) is 49.3 Å². The van der Waals surface area contributed by atoms with Crippen LogP contribution in [0.3, 0.4) is 0 Å². The number of carbonyl (C=O) groups is 1. The summed E-state index contributed by atoms with van der Waals surface area (Å²) in [5, 5.41) is 13.0. The molecule has 3 N–H and O–H groups in total. The summed E-state index contributed by atoms with van der Waals surface area (Å²) >= 11 is 0. The number of aliphatic imine (C=N–C) groups is 1. The van der Waals surface area contributed by atoms with Crippen LogP contribution in [0.4, 0.5) is 0 Å². The molecule has 0 fully saturated rings. The Bertz CT molecular complexity index is 2500. The molecule has 0 aromatic heterocycles. The van der Waals surface area contributed by atoms with Crippen molar-refractivity contribution in [1.82, 2.24) is 10.9 Å². The van der Waals surface area contributed by atoms with E-state index in [-0.39, 0.29) is 25.5 Å². The molecule has 13 nitrogen and oxygen atoms in total. The second-order valence-electron chi connectivity index (χ2n) is 14.9. The molecule has 1 amide bonds. The molecule has 0 radical (unpaired) electrons. The van der Waals surface area contributed by atoms with Crippen molar-refractivity contribution < 1.29 is 33.6 Å². The molecule has 0 aliphatic carbocycles. The summed E-state index contributed by atoms with van der Waals surface area (Å²) in [6.07, 6.45) is 0.260. The molecule has 6 aromatic rings. The topological polar surface area (TPSA) is 169 Å². The molecule has 0 bridgehead atoms. The zero-order valence-corrected chi connectivity index (χ0v) is 35.1. The summed E-state index contributed by atoms with van der Waals surface area (Å²) in [6, 6.07) is 48.0. The molecular formula is C50H50N6O7. The standard InChI is InChI=1S/C50H50N6O7/c1-59-44-19-10-18-40(31-44)47-50(32-41-16-8-9-17-42(41)33-53-56-51,54-48(63-47)39-21-23-43(24-22-39)60-29-11-28-57)49(58)55-52-27-26-36-20-25-45(61-34-37-12-4-2-5-13-37)46(30-36)62-35-38-14-6-3-7-15-38/h2-10,12-25,30-31,47,52,57H,11,26-29,32-35H2,1H3,(H,55,58)/t47-,50-/m0/s1. The minimum absolute atomic E-state index is 0.0303. The van der Waals surface area contributed by atoms with Gasteiger partial charge in [0.05, 0.1) is 20.3 Å². The number of aliphatic hydroxyl groups excluding tert-OH is 1. The predicted octanol–water partition coefficient (Wildman–Crippen LogP) is 8.79. The van der Waals surface area contributed by atoms with E-state index in [9.17, 15) is 15.4 Å². The SMILES string of the molecule is COc1cccc([C@@H]2OC(c3ccc(OCCCO)cc3)=N[C@]2(Cc2ccccc2CN=[N+]=[N-])C(=O)NNCCc2ccc(OCc3ccccc3)c(OCc3ccccc3)c2)c1. The molecule has 2 atom stereocenters. The van der Waals surface area contributed by atoms with E-state index >= 15 is 0 Å². The maximum Gasteiger partial charge on any atom is 0.266 e. The molecule has 0 unspecified atom stereocenters. The first-order valence-electron chi connectivity index (χ1n) is 20.8. The number of carbonyl (C=O) groups excluding carboxylic acids is 1. The van der Waals surface area contributed by atoms with Gasteiger partial charge in [0.2, 0.25) is 5.90 Å². The van der Waals surface area contributed by atoms with Gasteiger partial charge in [0.25, 0.3) is 5.91 Å². The van der Waals surface area contributed by atoms with Crippen molar-refractivity contribution >= 4 is 11.8 Å². The van der Waals surface area contributed by atoms with E-state index in [4.69, 9.17) is 28.7 Å². The van der Waals surface area contributed by atoms with Crippen LogP contribution in [0.2, 0.25) is 0 Å². The van der Waals surface area contributed by atoms with E-state index in [1.807, 2.05) is 140 Å². The summed E-state index contributed by atoms with van der Waals surface area (Å²) in [5.74, 6) is 2.30. The number of aliphatic hydroxyl groups is 1. The zero-order chi connectivity index (χ0) is 43.7. The smallest absolute Gasteiger partial charge is 0.266 e. The number of rotatable bonds is 22. The molecule has 322 valence electrons. The maximum absolute atomic E-state index is 15.0. The number of nitrogens with zero attached hydrogens (tertiary/aromatic N) is 4. The van der Waals surface area contributed by atoms with Crippen molar-refractivity contribution in [3.05, 3.63) is 201 Å². The van der Waals surface area contributed by atoms with Gasteiger partial charge in [-0.3, -0.25) is 10.2 Å². The van der Waals surface area contributed by atoms with Crippen LogP contribution in [0.25, 0.3) is 10.4 Å². The van der Waals surface area contributed by atoms with Crippen LogP contribution < -0.4 is 29.8 Å². The molecule has 6 aromatic carbocycles. The van der Waals surface area contributed by atoms with Crippen molar-refractivity contribution in [3.8, 4) is 23.0 Å². The first-order chi connectivity index (χ1) is 31.0. The van der Waals surface area contributed by atoms with Crippen LogP contribution in [0.5, 0.6) is 23.0 Å². The Hall–Kier alpha value is -7.31. The minimum Gasteiger partial charge on any atom is -0.497 e. The number of azide groups is 1. The van der Waals surface area contributed by atoms with Gasteiger partial charge in [0, 0.05) is 36.5 Å². The number of methoxy groups -OCH3 is 1. The predicted molar refractivity (Wildman–Crippen MR) is 241 cm³/mol. The van der Waals surface area contributed by atoms with Crippen molar-refractivity contribution in [2.75, 3.05) is 26.9 Å². The van der Waals surface area contributed by atoms with Gasteiger partial charge in [-0.2, -0.15) is 0 Å². The Morgan fingerprint density at radius 2 is 1.48 bits per heavy atom. The molecule has 0 saturated heterocycles. The number of amides is 1. The second-order valence-corrected chi connectivity index (χ2v) is 14.9. The molecule has 0 saturated carbocycles. The monoisotopic (exact) mass is 846 g/mol. The summed E-state index contributed by atoms with van der Waals surface area (Å²) < 4.78 is 30.6. The van der Waals surface area contributed by atoms with E-state index in [0.29, 0.717) is 73.3 Å². The Labute approximate surface area is 366 Å². The number of hydrogen-bond acceptors (Lipinski definition) is 10. The normalized spacial score (nSPS) is 15.3. The lowest BCUT2D eigenvalue weighted by atomic mass is 9.81. The Morgan fingerprint density at radius 3 is 2.17 bits per heavy atom. The zero-order valence-electron chi connectivity index (χ0n) is 35.1. The van der Waals surface area contributed by atoms with Gasteiger partial charge in [0.1, 0.15) is 24.7 Å². The quantitative estimate of drug-likeness (QED) is 0.0200. The van der Waals surface area contributed by atoms with Gasteiger partial charge in [0.15, 0.2) is 23.1 Å². The molecular weight excluding hydrogens is 797 g/mol. The number of ether oxygens (including phenoxy) is 5. The lowest BCUT2D eigenvalue weighted by molar-refractivity contribution is -0.130. The third-order valence-corrected chi connectivity index (χ3v) is 10.5. The van der Waals surface area contributed by atoms with E-state index in [1.54, 1.807) is 19.2 Å². The fourth-order valence-electron chi connectivity index (χ4n) is 7.24. The summed E-state index contributed by atoms with van der Waals surface area (Å²) in [7, 11) is 1.58. The fraction of sp³-hybridized carbons (Fsp3) is 0.240. The summed E-state index contributed by atoms with van der Waals surface area (Å²) in [5.41, 5.74) is 19.7. The van der Waals surface area contributed by atoms with Crippen molar-refractivity contribution in [2.24, 2.45) is 10.1 Å². The average molecular weight is 847 g/mol. The van der Waals surface area contributed by atoms with Crippen LogP contribution in [-0.2, 0) is 42.1 Å². The van der Waals surface area contributed by atoms with Gasteiger partial charge in [-0.1, -0.05) is 108 Å². The highest BCUT2D eigenvalue weighted by Gasteiger charge is 2.53. The fourth-order valence-corrected chi connectivity index (χ4v) is 7.24. The van der Waals surface area contributed by atoms with Crippen LogP contribution in [0.15, 0.2) is 162 Å². The molecule has 63 heavy (non-hydrogen) atoms. The average Bonchev–Trinajstić information content (AvgIpc) is 3.72. The van der Waals surface area contributed by atoms with Gasteiger partial charge < -0.3 is 28.8 Å². The van der Waals surface area contributed by atoms with Crippen molar-refractivity contribution in [2.45, 2.75) is 50.7 Å². The molecule has 13 heteroatoms. The van der Waals surface area contributed by atoms with Gasteiger partial charge in [-0.25, -0.2) is 10.4 Å². The lowest BCUT2D eigenvalue weighted by Crippen LogP contribution is -2.54. The first kappa shape index (κ1) is 43.8. The van der Waals surface area contributed by atoms with Crippen LogP contribution >= 0.6 is 0 Å². The molecule has 7 rings (SSSR count).